The van der Waals surface area contributed by atoms with E-state index in [4.69, 9.17) is 5.84 Å². The molecule has 6 nitrogen and oxygen atoms in total. The zero-order chi connectivity index (χ0) is 14.5. The molecule has 0 unspecified atom stereocenters. The number of pyridine rings is 1. The number of rotatable bonds is 5. The fourth-order valence-electron chi connectivity index (χ4n) is 2.09. The van der Waals surface area contributed by atoms with Gasteiger partial charge in [0.05, 0.1) is 12.2 Å². The third-order valence-electron chi connectivity index (χ3n) is 3.13. The van der Waals surface area contributed by atoms with Crippen molar-refractivity contribution < 1.29 is 0 Å². The monoisotopic (exact) mass is 272 g/mol. The minimum absolute atomic E-state index is 0.659. The summed E-state index contributed by atoms with van der Waals surface area (Å²) in [5.74, 6) is 7.75. The zero-order valence-electron chi connectivity index (χ0n) is 12.1. The van der Waals surface area contributed by atoms with Gasteiger partial charge in [-0.3, -0.25) is 4.98 Å². The highest BCUT2D eigenvalue weighted by atomic mass is 15.3. The summed E-state index contributed by atoms with van der Waals surface area (Å²) in [6, 6.07) is 5.91. The number of nitrogens with zero attached hydrogens (tertiary/aromatic N) is 4. The van der Waals surface area contributed by atoms with E-state index < -0.39 is 0 Å². The summed E-state index contributed by atoms with van der Waals surface area (Å²) in [6.07, 6.45) is 1.80. The van der Waals surface area contributed by atoms with Crippen molar-refractivity contribution in [3.8, 4) is 0 Å². The third-order valence-corrected chi connectivity index (χ3v) is 3.13. The molecule has 0 spiro atoms. The van der Waals surface area contributed by atoms with E-state index in [1.165, 1.54) is 0 Å². The van der Waals surface area contributed by atoms with Crippen molar-refractivity contribution in [2.75, 3.05) is 16.9 Å². The van der Waals surface area contributed by atoms with Gasteiger partial charge in [-0.25, -0.2) is 15.8 Å². The van der Waals surface area contributed by atoms with Gasteiger partial charge in [0.15, 0.2) is 0 Å². The Hall–Kier alpha value is -2.21. The first-order valence-corrected chi connectivity index (χ1v) is 6.62. The largest absolute Gasteiger partial charge is 0.351 e. The van der Waals surface area contributed by atoms with Crippen LogP contribution in [0.5, 0.6) is 0 Å². The molecule has 0 saturated carbocycles. The van der Waals surface area contributed by atoms with Crippen LogP contribution in [-0.4, -0.2) is 21.5 Å². The van der Waals surface area contributed by atoms with Crippen LogP contribution in [0.1, 0.15) is 24.0 Å². The van der Waals surface area contributed by atoms with Crippen LogP contribution in [0.3, 0.4) is 0 Å². The van der Waals surface area contributed by atoms with Crippen molar-refractivity contribution in [1.29, 1.82) is 0 Å². The van der Waals surface area contributed by atoms with Crippen molar-refractivity contribution in [2.45, 2.75) is 27.3 Å². The molecule has 0 aliphatic heterocycles. The molecule has 0 radical (unpaired) electrons. The number of hydrogen-bond donors (Lipinski definition) is 2. The number of hydrogen-bond acceptors (Lipinski definition) is 6. The van der Waals surface area contributed by atoms with Gasteiger partial charge in [-0.05, 0) is 32.9 Å². The molecule has 2 aromatic heterocycles. The molecule has 3 N–H and O–H groups in total. The highest BCUT2D eigenvalue weighted by molar-refractivity contribution is 5.58. The number of nitrogen functional groups attached to an aromatic ring is 1. The van der Waals surface area contributed by atoms with Gasteiger partial charge in [0.25, 0.3) is 0 Å². The molecule has 2 rings (SSSR count). The van der Waals surface area contributed by atoms with Gasteiger partial charge in [0, 0.05) is 18.3 Å². The van der Waals surface area contributed by atoms with Crippen LogP contribution in [0.2, 0.25) is 0 Å². The number of nitrogens with two attached hydrogens (primary N) is 1. The van der Waals surface area contributed by atoms with Gasteiger partial charge in [0.2, 0.25) is 0 Å². The molecule has 0 aliphatic rings. The summed E-state index contributed by atoms with van der Waals surface area (Å²) < 4.78 is 0. The molecular formula is C14H20N6. The Morgan fingerprint density at radius 1 is 1.25 bits per heavy atom. The van der Waals surface area contributed by atoms with Gasteiger partial charge in [-0.1, -0.05) is 6.07 Å². The number of aromatic nitrogens is 3. The van der Waals surface area contributed by atoms with E-state index >= 15 is 0 Å². The minimum Gasteiger partial charge on any atom is -0.351 e. The number of anilines is 2. The lowest BCUT2D eigenvalue weighted by atomic mass is 10.2. The van der Waals surface area contributed by atoms with Crippen LogP contribution < -0.4 is 16.2 Å². The minimum atomic E-state index is 0.659. The predicted octanol–water partition coefficient (Wildman–Crippen LogP) is 1.80. The Morgan fingerprint density at radius 2 is 2.05 bits per heavy atom. The molecule has 20 heavy (non-hydrogen) atoms. The number of aryl methyl sites for hydroxylation is 1. The van der Waals surface area contributed by atoms with Gasteiger partial charge >= 0.3 is 0 Å². The third kappa shape index (κ3) is 3.03. The lowest BCUT2D eigenvalue weighted by Gasteiger charge is -2.24. The second kappa shape index (κ2) is 6.29. The lowest BCUT2D eigenvalue weighted by Crippen LogP contribution is -2.26. The van der Waals surface area contributed by atoms with Crippen molar-refractivity contribution in [1.82, 2.24) is 15.0 Å². The average Bonchev–Trinajstić information content (AvgIpc) is 2.48. The molecular weight excluding hydrogens is 252 g/mol. The van der Waals surface area contributed by atoms with E-state index in [9.17, 15) is 0 Å². The van der Waals surface area contributed by atoms with Crippen LogP contribution in [0.25, 0.3) is 0 Å². The predicted molar refractivity (Wildman–Crippen MR) is 80.3 cm³/mol. The molecule has 2 heterocycles. The molecule has 0 bridgehead atoms. The molecule has 0 atom stereocenters. The summed E-state index contributed by atoms with van der Waals surface area (Å²) in [5.41, 5.74) is 4.57. The van der Waals surface area contributed by atoms with Gasteiger partial charge in [-0.15, -0.1) is 0 Å². The van der Waals surface area contributed by atoms with Crippen LogP contribution in [0.4, 0.5) is 11.6 Å². The second-order valence-corrected chi connectivity index (χ2v) is 4.55. The van der Waals surface area contributed by atoms with E-state index in [0.717, 1.165) is 23.6 Å². The first-order valence-electron chi connectivity index (χ1n) is 6.62. The fraction of sp³-hybridized carbons (Fsp3) is 0.357. The quantitative estimate of drug-likeness (QED) is 0.638. The topological polar surface area (TPSA) is 80.0 Å². The highest BCUT2D eigenvalue weighted by Crippen LogP contribution is 2.23. The van der Waals surface area contributed by atoms with Gasteiger partial charge in [0.1, 0.15) is 17.5 Å². The average molecular weight is 272 g/mol. The smallest absolute Gasteiger partial charge is 0.148 e. The summed E-state index contributed by atoms with van der Waals surface area (Å²) in [5, 5.41) is 0. The Kier molecular flexibility index (Phi) is 4.47. The molecule has 0 amide bonds. The molecule has 0 aromatic carbocycles. The van der Waals surface area contributed by atoms with E-state index in [1.807, 2.05) is 32.0 Å². The normalized spacial score (nSPS) is 10.4. The highest BCUT2D eigenvalue weighted by Gasteiger charge is 2.14. The Morgan fingerprint density at radius 3 is 2.65 bits per heavy atom. The maximum Gasteiger partial charge on any atom is 0.148 e. The maximum atomic E-state index is 5.51. The SMILES string of the molecule is CCN(Cc1ccccn1)c1nc(C)nc(NN)c1C. The molecule has 0 aliphatic carbocycles. The first kappa shape index (κ1) is 14.2. The van der Waals surface area contributed by atoms with Crippen LogP contribution in [0, 0.1) is 13.8 Å². The van der Waals surface area contributed by atoms with Crippen LogP contribution in [0.15, 0.2) is 24.4 Å². The Bertz CT molecular complexity index is 569. The summed E-state index contributed by atoms with van der Waals surface area (Å²) in [7, 11) is 0. The summed E-state index contributed by atoms with van der Waals surface area (Å²) >= 11 is 0. The molecule has 106 valence electrons. The molecule has 0 fully saturated rings. The van der Waals surface area contributed by atoms with Crippen molar-refractivity contribution >= 4 is 11.6 Å². The van der Waals surface area contributed by atoms with E-state index in [0.29, 0.717) is 18.2 Å². The van der Waals surface area contributed by atoms with E-state index in [-0.39, 0.29) is 0 Å². The Balaban J connectivity index is 2.34. The summed E-state index contributed by atoms with van der Waals surface area (Å²) in [4.78, 5) is 15.3. The number of hydrazine groups is 1. The van der Waals surface area contributed by atoms with E-state index in [2.05, 4.69) is 32.2 Å². The first-order chi connectivity index (χ1) is 9.65. The van der Waals surface area contributed by atoms with E-state index in [1.54, 1.807) is 6.20 Å². The van der Waals surface area contributed by atoms with Gasteiger partial charge < -0.3 is 10.3 Å². The second-order valence-electron chi connectivity index (χ2n) is 4.55. The summed E-state index contributed by atoms with van der Waals surface area (Å²) in [6.45, 7) is 7.45. The van der Waals surface area contributed by atoms with Crippen molar-refractivity contribution in [2.24, 2.45) is 5.84 Å². The van der Waals surface area contributed by atoms with Crippen molar-refractivity contribution in [3.05, 3.63) is 41.5 Å². The maximum absolute atomic E-state index is 5.51. The standard InChI is InChI=1S/C14H20N6/c1-4-20(9-12-7-5-6-8-16-12)14-10(2)13(19-15)17-11(3)18-14/h5-8H,4,9,15H2,1-3H3,(H,17,18,19). The molecule has 2 aromatic rings. The van der Waals surface area contributed by atoms with Gasteiger partial charge in [-0.2, -0.15) is 0 Å². The Labute approximate surface area is 119 Å². The lowest BCUT2D eigenvalue weighted by molar-refractivity contribution is 0.781. The van der Waals surface area contributed by atoms with Crippen molar-refractivity contribution in [3.63, 3.8) is 0 Å². The van der Waals surface area contributed by atoms with Crippen LogP contribution >= 0.6 is 0 Å². The molecule has 6 heteroatoms. The zero-order valence-corrected chi connectivity index (χ0v) is 12.1. The fourth-order valence-corrected chi connectivity index (χ4v) is 2.09. The molecule has 0 saturated heterocycles. The number of nitrogens with one attached hydrogen (secondary N) is 1. The van der Waals surface area contributed by atoms with Crippen LogP contribution in [-0.2, 0) is 6.54 Å².